The van der Waals surface area contributed by atoms with Crippen LogP contribution in [0.4, 0.5) is 5.69 Å². The van der Waals surface area contributed by atoms with Gasteiger partial charge in [0.05, 0.1) is 41.2 Å². The number of esters is 1. The molecule has 0 aliphatic heterocycles. The Bertz CT molecular complexity index is 1900. The number of nitrogen functional groups attached to an aromatic ring is 1. The van der Waals surface area contributed by atoms with Gasteiger partial charge in [0, 0.05) is 35.6 Å². The highest BCUT2D eigenvalue weighted by Gasteiger charge is 2.37. The zero-order chi connectivity index (χ0) is 31.9. The highest BCUT2D eigenvalue weighted by atomic mass is 35.5. The Hall–Kier alpha value is -3.45. The standard InChI is InChI=1S/C21H22ClNO2.C18H21N3.CH4.ClH/c1-3-25-19(24)11-14-7-13-8-15(9-14)20-18(10-13)23-17-6-12(2)4-5-16(17)21(20)22;19-6-5-11-7-12-9-13(8-11)17-16(10-12)21-15-4-2-1-3-14(15)18(17)20;;/h4-7,13,15H,3,8-11H2,1-2H3;1-4,7,12-13H,5-6,8-10,19H2,(H2,20,21);1H4;1H/p+1. The Kier molecular flexibility index (Phi) is 11.2. The second-order valence-corrected chi connectivity index (χ2v) is 14.1. The van der Waals surface area contributed by atoms with Gasteiger partial charge in [-0.15, -0.1) is 0 Å². The molecule has 254 valence electrons. The number of benzene rings is 2. The highest BCUT2D eigenvalue weighted by Crippen LogP contribution is 2.48. The topological polar surface area (TPSA) is 107 Å². The summed E-state index contributed by atoms with van der Waals surface area (Å²) in [6.45, 7) is 5.35. The van der Waals surface area contributed by atoms with Crippen molar-refractivity contribution in [3.63, 3.8) is 0 Å². The van der Waals surface area contributed by atoms with E-state index in [2.05, 4.69) is 72.3 Å². The van der Waals surface area contributed by atoms with Crippen LogP contribution in [-0.2, 0) is 22.4 Å². The highest BCUT2D eigenvalue weighted by molar-refractivity contribution is 6.36. The van der Waals surface area contributed by atoms with E-state index in [1.807, 2.05) is 6.92 Å². The van der Waals surface area contributed by atoms with Gasteiger partial charge in [-0.2, -0.15) is 0 Å². The summed E-state index contributed by atoms with van der Waals surface area (Å²) in [5, 5.41) is 3.05. The predicted molar refractivity (Wildman–Crippen MR) is 191 cm³/mol. The SMILES string of the molecule is C.CCOC(=O)CC1=CC2Cc3nc4cc(C)ccc4c(Cl)c3C(C1)C2.Nc1c2c([nH+]c3ccccc13)CC1C=C(CC[NH3+])CC2C1.[Cl-]. The summed E-state index contributed by atoms with van der Waals surface area (Å²) >= 11 is 6.81. The Labute approximate surface area is 295 Å². The zero-order valence-corrected chi connectivity index (χ0v) is 28.9. The van der Waals surface area contributed by atoms with Crippen LogP contribution < -0.4 is 28.9 Å². The predicted octanol–water partition coefficient (Wildman–Crippen LogP) is 4.61. The molecule has 4 aliphatic carbocycles. The first-order valence-corrected chi connectivity index (χ1v) is 17.3. The van der Waals surface area contributed by atoms with E-state index >= 15 is 0 Å². The lowest BCUT2D eigenvalue weighted by Gasteiger charge is -2.35. The number of allylic oxidation sites excluding steroid dienone is 2. The molecule has 8 rings (SSSR count). The number of para-hydroxylation sites is 1. The molecule has 0 spiro atoms. The molecular weight excluding hydrogens is 639 g/mol. The summed E-state index contributed by atoms with van der Waals surface area (Å²) in [4.78, 5) is 20.4. The van der Waals surface area contributed by atoms with Crippen molar-refractivity contribution in [2.45, 2.75) is 84.5 Å². The lowest BCUT2D eigenvalue weighted by Crippen LogP contribution is -3.00. The van der Waals surface area contributed by atoms with E-state index < -0.39 is 0 Å². The first kappa shape index (κ1) is 35.8. The quantitative estimate of drug-likeness (QED) is 0.236. The first-order chi connectivity index (χ1) is 22.3. The number of nitrogens with two attached hydrogens (primary N) is 1. The van der Waals surface area contributed by atoms with Gasteiger partial charge in [0.15, 0.2) is 5.69 Å². The van der Waals surface area contributed by atoms with Crippen LogP contribution in [-0.4, -0.2) is 24.1 Å². The van der Waals surface area contributed by atoms with E-state index in [0.29, 0.717) is 36.7 Å². The minimum Gasteiger partial charge on any atom is -1.00 e. The number of pyridine rings is 2. The van der Waals surface area contributed by atoms with Gasteiger partial charge in [0.1, 0.15) is 0 Å². The molecule has 2 heterocycles. The number of hydrogen-bond acceptors (Lipinski definition) is 4. The van der Waals surface area contributed by atoms with Crippen molar-refractivity contribution < 1.29 is 32.7 Å². The summed E-state index contributed by atoms with van der Waals surface area (Å²) in [7, 11) is 0. The van der Waals surface area contributed by atoms with E-state index in [4.69, 9.17) is 27.1 Å². The van der Waals surface area contributed by atoms with Gasteiger partial charge in [-0.1, -0.05) is 66.6 Å². The molecule has 0 fully saturated rings. The molecule has 8 heteroatoms. The summed E-state index contributed by atoms with van der Waals surface area (Å²) in [6.07, 6.45) is 12.7. The minimum atomic E-state index is -0.132. The lowest BCUT2D eigenvalue weighted by molar-refractivity contribution is -0.366. The van der Waals surface area contributed by atoms with Crippen LogP contribution in [0.2, 0.25) is 5.02 Å². The fourth-order valence-corrected chi connectivity index (χ4v) is 9.03. The number of carbonyl (C=O) groups is 1. The number of anilines is 1. The molecule has 2 aromatic heterocycles. The maximum atomic E-state index is 11.8. The van der Waals surface area contributed by atoms with Gasteiger partial charge >= 0.3 is 5.97 Å². The molecule has 6 nitrogen and oxygen atoms in total. The Morgan fingerprint density at radius 1 is 1.00 bits per heavy atom. The number of nitrogens with one attached hydrogen (secondary N) is 1. The maximum Gasteiger partial charge on any atom is 0.309 e. The van der Waals surface area contributed by atoms with E-state index in [9.17, 15) is 4.79 Å². The van der Waals surface area contributed by atoms with Crippen LogP contribution in [0.15, 0.2) is 65.8 Å². The van der Waals surface area contributed by atoms with Gasteiger partial charge in [-0.3, -0.25) is 9.78 Å². The smallest absolute Gasteiger partial charge is 0.309 e. The molecule has 4 aliphatic rings. The molecule has 2 aromatic carbocycles. The number of carbonyl (C=O) groups excluding carboxylic acids is 1. The first-order valence-electron chi connectivity index (χ1n) is 17.0. The second-order valence-electron chi connectivity index (χ2n) is 13.7. The molecule has 4 aromatic rings. The number of rotatable bonds is 5. The second kappa shape index (κ2) is 15.0. The zero-order valence-electron chi connectivity index (χ0n) is 27.4. The number of aryl methyl sites for hydroxylation is 1. The van der Waals surface area contributed by atoms with Crippen LogP contribution in [0.25, 0.3) is 21.8 Å². The van der Waals surface area contributed by atoms with E-state index in [1.165, 1.54) is 39.8 Å². The number of hydrogen-bond donors (Lipinski definition) is 2. The molecule has 4 bridgehead atoms. The van der Waals surface area contributed by atoms with Crippen molar-refractivity contribution >= 4 is 45.1 Å². The third-order valence-corrected chi connectivity index (χ3v) is 10.8. The van der Waals surface area contributed by atoms with Crippen molar-refractivity contribution in [2.24, 2.45) is 11.8 Å². The van der Waals surface area contributed by atoms with Crippen LogP contribution in [0, 0.1) is 18.8 Å². The number of quaternary nitrogens is 1. The van der Waals surface area contributed by atoms with Crippen molar-refractivity contribution in [3.8, 4) is 0 Å². The minimum absolute atomic E-state index is 0. The normalized spacial score (nSPS) is 21.7. The monoisotopic (exact) mass is 687 g/mol. The average molecular weight is 689 g/mol. The lowest BCUT2D eigenvalue weighted by atomic mass is 9.70. The molecule has 48 heavy (non-hydrogen) atoms. The van der Waals surface area contributed by atoms with Crippen LogP contribution in [0.5, 0.6) is 0 Å². The third-order valence-electron chi connectivity index (χ3n) is 10.4. The number of aromatic nitrogens is 2. The van der Waals surface area contributed by atoms with E-state index in [1.54, 1.807) is 5.57 Å². The summed E-state index contributed by atoms with van der Waals surface area (Å²) in [6, 6.07) is 14.7. The molecule has 4 unspecified atom stereocenters. The van der Waals surface area contributed by atoms with Crippen molar-refractivity contribution in [2.75, 3.05) is 18.9 Å². The summed E-state index contributed by atoms with van der Waals surface area (Å²) in [5.74, 6) is 1.93. The van der Waals surface area contributed by atoms with Crippen LogP contribution in [0.3, 0.4) is 0 Å². The number of halogens is 2. The van der Waals surface area contributed by atoms with Crippen molar-refractivity contribution in [3.05, 3.63) is 98.9 Å². The number of H-pyrrole nitrogens is 1. The van der Waals surface area contributed by atoms with Crippen LogP contribution in [0.1, 0.15) is 92.8 Å². The largest absolute Gasteiger partial charge is 1.00 e. The van der Waals surface area contributed by atoms with Crippen molar-refractivity contribution in [1.29, 1.82) is 0 Å². The van der Waals surface area contributed by atoms with Crippen molar-refractivity contribution in [1.82, 2.24) is 4.98 Å². The fourth-order valence-electron chi connectivity index (χ4n) is 8.60. The summed E-state index contributed by atoms with van der Waals surface area (Å²) in [5.41, 5.74) is 22.7. The third kappa shape index (κ3) is 6.99. The Morgan fingerprint density at radius 3 is 2.48 bits per heavy atom. The average Bonchev–Trinajstić information content (AvgIpc) is 3.01. The fraction of sp³-hybridized carbons (Fsp3) is 0.425. The van der Waals surface area contributed by atoms with Gasteiger partial charge < -0.3 is 28.6 Å². The summed E-state index contributed by atoms with van der Waals surface area (Å²) < 4.78 is 5.11. The molecule has 6 N–H and O–H groups in total. The Balaban J connectivity index is 0.000000183. The van der Waals surface area contributed by atoms with Gasteiger partial charge in [-0.05, 0) is 92.9 Å². The van der Waals surface area contributed by atoms with Gasteiger partial charge in [0.2, 0.25) is 5.52 Å². The number of nitrogens with zero attached hydrogens (tertiary/aromatic N) is 1. The molecule has 0 saturated carbocycles. The molecule has 0 radical (unpaired) electrons. The molecule has 0 saturated heterocycles. The number of fused-ring (bicyclic) bond motifs is 10. The molecular formula is C40H49Cl2N4O2+. The number of aromatic amines is 1. The molecule has 4 atom stereocenters. The molecule has 0 amide bonds. The van der Waals surface area contributed by atoms with E-state index in [-0.39, 0.29) is 25.8 Å². The van der Waals surface area contributed by atoms with Crippen LogP contribution >= 0.6 is 11.6 Å². The van der Waals surface area contributed by atoms with E-state index in [0.717, 1.165) is 77.9 Å². The Morgan fingerprint density at radius 2 is 1.71 bits per heavy atom. The number of ether oxygens (including phenoxy) is 1. The van der Waals surface area contributed by atoms with Gasteiger partial charge in [-0.25, -0.2) is 4.98 Å². The van der Waals surface area contributed by atoms with Gasteiger partial charge in [0.25, 0.3) is 0 Å². The maximum absolute atomic E-state index is 11.8.